The minimum atomic E-state index is -0.492. The summed E-state index contributed by atoms with van der Waals surface area (Å²) in [5, 5.41) is 7.47. The summed E-state index contributed by atoms with van der Waals surface area (Å²) >= 11 is 4.77. The molecule has 1 aromatic heterocycles. The van der Waals surface area contributed by atoms with E-state index in [4.69, 9.17) is 0 Å². The zero-order valence-corrected chi connectivity index (χ0v) is 16.4. The van der Waals surface area contributed by atoms with Crippen LogP contribution in [0.5, 0.6) is 0 Å². The molecular formula is C18H19BrFN3O2S. The molecule has 1 atom stereocenters. The molecule has 2 aromatic rings. The van der Waals surface area contributed by atoms with Gasteiger partial charge in [0.1, 0.15) is 5.82 Å². The monoisotopic (exact) mass is 439 g/mol. The van der Waals surface area contributed by atoms with Gasteiger partial charge in [0.2, 0.25) is 5.91 Å². The Morgan fingerprint density at radius 1 is 1.35 bits per heavy atom. The number of halogens is 2. The molecule has 1 unspecified atom stereocenters. The van der Waals surface area contributed by atoms with Crippen molar-refractivity contribution in [2.24, 2.45) is 5.92 Å². The first-order valence-electron chi connectivity index (χ1n) is 8.34. The van der Waals surface area contributed by atoms with Crippen molar-refractivity contribution in [2.75, 3.05) is 18.4 Å². The van der Waals surface area contributed by atoms with Crippen molar-refractivity contribution in [3.05, 3.63) is 50.9 Å². The van der Waals surface area contributed by atoms with E-state index in [1.165, 1.54) is 12.1 Å². The highest BCUT2D eigenvalue weighted by Crippen LogP contribution is 2.22. The van der Waals surface area contributed by atoms with Gasteiger partial charge >= 0.3 is 6.03 Å². The maximum atomic E-state index is 13.9. The van der Waals surface area contributed by atoms with Crippen molar-refractivity contribution in [3.63, 3.8) is 0 Å². The number of benzene rings is 1. The van der Waals surface area contributed by atoms with E-state index in [0.717, 1.165) is 11.3 Å². The van der Waals surface area contributed by atoms with E-state index < -0.39 is 5.82 Å². The fraction of sp³-hybridized carbons (Fsp3) is 0.333. The lowest BCUT2D eigenvalue weighted by molar-refractivity contribution is -0.121. The summed E-state index contributed by atoms with van der Waals surface area (Å²) in [4.78, 5) is 27.5. The van der Waals surface area contributed by atoms with Gasteiger partial charge in [-0.05, 0) is 42.5 Å². The smallest absolute Gasteiger partial charge is 0.317 e. The molecule has 26 heavy (non-hydrogen) atoms. The normalized spacial score (nSPS) is 17.0. The van der Waals surface area contributed by atoms with Crippen LogP contribution >= 0.6 is 27.3 Å². The number of amides is 3. The lowest BCUT2D eigenvalue weighted by Crippen LogP contribution is -2.47. The Morgan fingerprint density at radius 3 is 2.92 bits per heavy atom. The Bertz CT molecular complexity index is 785. The number of rotatable bonds is 4. The highest BCUT2D eigenvalue weighted by Gasteiger charge is 2.28. The molecule has 0 saturated carbocycles. The third-order valence-corrected chi connectivity index (χ3v) is 5.63. The van der Waals surface area contributed by atoms with Gasteiger partial charge in [0.15, 0.2) is 0 Å². The van der Waals surface area contributed by atoms with Crippen molar-refractivity contribution >= 4 is 44.9 Å². The summed E-state index contributed by atoms with van der Waals surface area (Å²) in [6, 6.07) is 8.22. The first-order chi connectivity index (χ1) is 12.5. The topological polar surface area (TPSA) is 61.4 Å². The Morgan fingerprint density at radius 2 is 2.19 bits per heavy atom. The average molecular weight is 440 g/mol. The van der Waals surface area contributed by atoms with E-state index >= 15 is 0 Å². The molecule has 0 bridgehead atoms. The lowest BCUT2D eigenvalue weighted by Gasteiger charge is -2.32. The van der Waals surface area contributed by atoms with Crippen LogP contribution < -0.4 is 10.6 Å². The second kappa shape index (κ2) is 8.64. The van der Waals surface area contributed by atoms with Crippen LogP contribution in [0.2, 0.25) is 0 Å². The highest BCUT2D eigenvalue weighted by atomic mass is 79.9. The van der Waals surface area contributed by atoms with E-state index in [-0.39, 0.29) is 23.5 Å². The van der Waals surface area contributed by atoms with E-state index in [9.17, 15) is 14.0 Å². The number of thiophene rings is 1. The Balaban J connectivity index is 1.55. The predicted molar refractivity (Wildman–Crippen MR) is 104 cm³/mol. The molecule has 0 spiro atoms. The van der Waals surface area contributed by atoms with E-state index in [1.807, 2.05) is 17.5 Å². The molecule has 1 aliphatic heterocycles. The van der Waals surface area contributed by atoms with Gasteiger partial charge in [0, 0.05) is 22.4 Å². The predicted octanol–water partition coefficient (Wildman–Crippen LogP) is 4.21. The fourth-order valence-electron chi connectivity index (χ4n) is 2.89. The van der Waals surface area contributed by atoms with Crippen molar-refractivity contribution in [3.8, 4) is 0 Å². The van der Waals surface area contributed by atoms with Crippen LogP contribution in [0.1, 0.15) is 17.7 Å². The van der Waals surface area contributed by atoms with Gasteiger partial charge in [-0.2, -0.15) is 0 Å². The Labute approximate surface area is 163 Å². The summed E-state index contributed by atoms with van der Waals surface area (Å²) in [6.45, 7) is 1.43. The molecule has 1 aromatic carbocycles. The maximum Gasteiger partial charge on any atom is 0.317 e. The van der Waals surface area contributed by atoms with Crippen LogP contribution in [0.15, 0.2) is 40.2 Å². The summed E-state index contributed by atoms with van der Waals surface area (Å²) < 4.78 is 14.5. The molecule has 8 heteroatoms. The van der Waals surface area contributed by atoms with Gasteiger partial charge in [0.05, 0.1) is 18.2 Å². The van der Waals surface area contributed by atoms with Crippen molar-refractivity contribution in [2.45, 2.75) is 19.4 Å². The van der Waals surface area contributed by atoms with Crippen LogP contribution in [0.3, 0.4) is 0 Å². The molecular weight excluding hydrogens is 421 g/mol. The largest absolute Gasteiger partial charge is 0.333 e. The minimum Gasteiger partial charge on any atom is -0.333 e. The first kappa shape index (κ1) is 18.8. The summed E-state index contributed by atoms with van der Waals surface area (Å²) in [7, 11) is 0. The number of likely N-dealkylation sites (tertiary alicyclic amines) is 1. The van der Waals surface area contributed by atoms with Crippen LogP contribution in [0.25, 0.3) is 0 Å². The third-order valence-electron chi connectivity index (χ3n) is 4.26. The van der Waals surface area contributed by atoms with E-state index in [2.05, 4.69) is 26.6 Å². The molecule has 2 N–H and O–H groups in total. The zero-order chi connectivity index (χ0) is 18.5. The molecule has 1 saturated heterocycles. The molecule has 1 fully saturated rings. The van der Waals surface area contributed by atoms with Gasteiger partial charge in [-0.15, -0.1) is 11.3 Å². The number of anilines is 1. The quantitative estimate of drug-likeness (QED) is 0.749. The number of nitrogens with zero attached hydrogens (tertiary/aromatic N) is 1. The first-order valence-corrected chi connectivity index (χ1v) is 10.0. The molecule has 3 rings (SSSR count). The van der Waals surface area contributed by atoms with Gasteiger partial charge < -0.3 is 15.5 Å². The fourth-order valence-corrected chi connectivity index (χ4v) is 3.87. The molecule has 138 valence electrons. The third kappa shape index (κ3) is 4.82. The molecule has 3 amide bonds. The summed E-state index contributed by atoms with van der Waals surface area (Å²) in [5.41, 5.74) is 0.150. The van der Waals surface area contributed by atoms with E-state index in [0.29, 0.717) is 30.5 Å². The molecule has 0 radical (unpaired) electrons. The average Bonchev–Trinajstić information content (AvgIpc) is 3.15. The maximum absolute atomic E-state index is 13.9. The minimum absolute atomic E-state index is 0.150. The van der Waals surface area contributed by atoms with Crippen LogP contribution in [-0.4, -0.2) is 29.9 Å². The molecule has 5 nitrogen and oxygen atoms in total. The summed E-state index contributed by atoms with van der Waals surface area (Å²) in [6.07, 6.45) is 1.42. The molecule has 2 heterocycles. The van der Waals surface area contributed by atoms with Crippen LogP contribution in [0, 0.1) is 11.7 Å². The number of hydrogen-bond acceptors (Lipinski definition) is 3. The van der Waals surface area contributed by atoms with E-state index in [1.54, 1.807) is 22.3 Å². The van der Waals surface area contributed by atoms with Gasteiger partial charge in [-0.1, -0.05) is 22.0 Å². The second-order valence-electron chi connectivity index (χ2n) is 6.14. The van der Waals surface area contributed by atoms with Gasteiger partial charge in [-0.25, -0.2) is 9.18 Å². The number of hydrogen-bond donors (Lipinski definition) is 2. The number of carbonyl (C=O) groups excluding carboxylic acids is 2. The zero-order valence-electron chi connectivity index (χ0n) is 14.0. The van der Waals surface area contributed by atoms with Crippen molar-refractivity contribution in [1.29, 1.82) is 0 Å². The number of urea groups is 1. The Hall–Kier alpha value is -1.93. The molecule has 1 aliphatic rings. The van der Waals surface area contributed by atoms with Crippen LogP contribution in [0.4, 0.5) is 14.9 Å². The van der Waals surface area contributed by atoms with Gasteiger partial charge in [0.25, 0.3) is 0 Å². The Kier molecular flexibility index (Phi) is 6.26. The molecule has 0 aliphatic carbocycles. The number of carbonyl (C=O) groups is 2. The van der Waals surface area contributed by atoms with Gasteiger partial charge in [-0.3, -0.25) is 4.79 Å². The van der Waals surface area contributed by atoms with Crippen LogP contribution in [-0.2, 0) is 11.3 Å². The summed E-state index contributed by atoms with van der Waals surface area (Å²) in [5.74, 6) is -1.10. The highest BCUT2D eigenvalue weighted by molar-refractivity contribution is 9.10. The number of nitrogens with one attached hydrogen (secondary N) is 2. The lowest BCUT2D eigenvalue weighted by atomic mass is 9.97. The SMILES string of the molecule is O=C(Nc1ccc(Br)cc1F)C1CCCN(C(=O)NCc2cccs2)C1. The van der Waals surface area contributed by atoms with Crippen molar-refractivity contribution in [1.82, 2.24) is 10.2 Å². The standard InChI is InChI=1S/C18H19BrFN3O2S/c19-13-5-6-16(15(20)9-13)22-17(24)12-3-1-7-23(11-12)18(25)21-10-14-4-2-8-26-14/h2,4-6,8-9,12H,1,3,7,10-11H2,(H,21,25)(H,22,24). The second-order valence-corrected chi connectivity index (χ2v) is 8.08. The number of piperidine rings is 1. The van der Waals surface area contributed by atoms with Crippen molar-refractivity contribution < 1.29 is 14.0 Å².